The molecule has 0 bridgehead atoms. The molecule has 1 saturated heterocycles. The lowest BCUT2D eigenvalue weighted by Crippen LogP contribution is -2.57. The Bertz CT molecular complexity index is 536. The largest absolute Gasteiger partial charge is 0.466 e. The lowest BCUT2D eigenvalue weighted by molar-refractivity contribution is -0.138. The van der Waals surface area contributed by atoms with Gasteiger partial charge >= 0.3 is 0 Å². The van der Waals surface area contributed by atoms with E-state index >= 15 is 0 Å². The third-order valence-corrected chi connectivity index (χ3v) is 4.08. The fourth-order valence-corrected chi connectivity index (χ4v) is 2.83. The Labute approximate surface area is 125 Å². The quantitative estimate of drug-likeness (QED) is 0.856. The molecule has 1 aromatic heterocycles. The van der Waals surface area contributed by atoms with Crippen LogP contribution in [0.4, 0.5) is 0 Å². The molecule has 0 aromatic carbocycles. The van der Waals surface area contributed by atoms with Crippen molar-refractivity contribution in [2.45, 2.75) is 46.1 Å². The normalized spacial score (nSPS) is 19.2. The molecule has 2 heterocycles. The molecule has 0 spiro atoms. The molecule has 1 fully saturated rings. The van der Waals surface area contributed by atoms with Gasteiger partial charge in [0, 0.05) is 20.1 Å². The lowest BCUT2D eigenvalue weighted by Gasteiger charge is -2.39. The van der Waals surface area contributed by atoms with Gasteiger partial charge in [-0.05, 0) is 26.3 Å². The highest BCUT2D eigenvalue weighted by Crippen LogP contribution is 2.22. The number of aryl methyl sites for hydroxylation is 2. The zero-order chi connectivity index (χ0) is 15.6. The van der Waals surface area contributed by atoms with E-state index in [4.69, 9.17) is 4.42 Å². The maximum absolute atomic E-state index is 12.8. The van der Waals surface area contributed by atoms with Crippen LogP contribution < -0.4 is 0 Å². The van der Waals surface area contributed by atoms with Gasteiger partial charge in [0.15, 0.2) is 0 Å². The molecule has 1 aromatic rings. The van der Waals surface area contributed by atoms with Gasteiger partial charge in [-0.15, -0.1) is 0 Å². The number of carbonyl (C=O) groups is 2. The molecule has 1 aliphatic heterocycles. The molecule has 0 aliphatic carbocycles. The van der Waals surface area contributed by atoms with Gasteiger partial charge in [-0.3, -0.25) is 9.59 Å². The summed E-state index contributed by atoms with van der Waals surface area (Å²) in [6.07, 6.45) is 2.68. The summed E-state index contributed by atoms with van der Waals surface area (Å²) in [4.78, 5) is 28.6. The number of amides is 2. The first-order valence-electron chi connectivity index (χ1n) is 7.58. The number of likely N-dealkylation sites (N-methyl/N-ethyl adjacent to an activating group) is 1. The molecule has 21 heavy (non-hydrogen) atoms. The summed E-state index contributed by atoms with van der Waals surface area (Å²) in [5.41, 5.74) is 0.575. The standard InChI is InChI=1S/C16H24N2O3/c1-5-6-7-14-16(20)17(4)8-9-18(14)15(19)13-10-11(2)21-12(13)3/h10,14H,5-9H2,1-4H3/t14-/m0/s1. The van der Waals surface area contributed by atoms with E-state index in [0.29, 0.717) is 24.4 Å². The molecule has 0 unspecified atom stereocenters. The van der Waals surface area contributed by atoms with Crippen molar-refractivity contribution >= 4 is 11.8 Å². The van der Waals surface area contributed by atoms with Crippen LogP contribution in [-0.4, -0.2) is 47.8 Å². The van der Waals surface area contributed by atoms with Gasteiger partial charge in [0.25, 0.3) is 5.91 Å². The van der Waals surface area contributed by atoms with Crippen LogP contribution in [0.15, 0.2) is 10.5 Å². The maximum Gasteiger partial charge on any atom is 0.258 e. The van der Waals surface area contributed by atoms with E-state index in [9.17, 15) is 9.59 Å². The fraction of sp³-hybridized carbons (Fsp3) is 0.625. The molecule has 116 valence electrons. The third-order valence-electron chi connectivity index (χ3n) is 4.08. The zero-order valence-corrected chi connectivity index (χ0v) is 13.3. The minimum absolute atomic E-state index is 0.0425. The monoisotopic (exact) mass is 292 g/mol. The molecule has 2 amide bonds. The summed E-state index contributed by atoms with van der Waals surface area (Å²) < 4.78 is 5.45. The van der Waals surface area contributed by atoms with Crippen LogP contribution in [0.5, 0.6) is 0 Å². The summed E-state index contributed by atoms with van der Waals surface area (Å²) in [6, 6.07) is 1.42. The Balaban J connectivity index is 2.24. The Morgan fingerprint density at radius 3 is 2.67 bits per heavy atom. The smallest absolute Gasteiger partial charge is 0.258 e. The van der Waals surface area contributed by atoms with E-state index in [2.05, 4.69) is 6.92 Å². The van der Waals surface area contributed by atoms with Crippen molar-refractivity contribution in [2.24, 2.45) is 0 Å². The number of nitrogens with zero attached hydrogens (tertiary/aromatic N) is 2. The van der Waals surface area contributed by atoms with Crippen molar-refractivity contribution in [1.82, 2.24) is 9.80 Å². The molecule has 2 rings (SSSR count). The number of piperazine rings is 1. The van der Waals surface area contributed by atoms with Crippen LogP contribution in [0.3, 0.4) is 0 Å². The summed E-state index contributed by atoms with van der Waals surface area (Å²) in [5.74, 6) is 1.30. The molecule has 5 nitrogen and oxygen atoms in total. The average Bonchev–Trinajstić information content (AvgIpc) is 2.78. The Morgan fingerprint density at radius 2 is 2.10 bits per heavy atom. The molecule has 0 N–H and O–H groups in total. The van der Waals surface area contributed by atoms with Crippen molar-refractivity contribution < 1.29 is 14.0 Å². The van der Waals surface area contributed by atoms with Gasteiger partial charge in [-0.25, -0.2) is 0 Å². The summed E-state index contributed by atoms with van der Waals surface area (Å²) in [6.45, 7) is 6.88. The predicted molar refractivity (Wildman–Crippen MR) is 80.2 cm³/mol. The fourth-order valence-electron chi connectivity index (χ4n) is 2.83. The highest BCUT2D eigenvalue weighted by molar-refractivity contribution is 5.99. The molecule has 5 heteroatoms. The van der Waals surface area contributed by atoms with E-state index < -0.39 is 0 Å². The molecule has 1 aliphatic rings. The van der Waals surface area contributed by atoms with Gasteiger partial charge < -0.3 is 14.2 Å². The Morgan fingerprint density at radius 1 is 1.38 bits per heavy atom. The molecule has 1 atom stereocenters. The van der Waals surface area contributed by atoms with Gasteiger partial charge in [0.2, 0.25) is 5.91 Å². The summed E-state index contributed by atoms with van der Waals surface area (Å²) >= 11 is 0. The van der Waals surface area contributed by atoms with Gasteiger partial charge in [-0.1, -0.05) is 19.8 Å². The van der Waals surface area contributed by atoms with Crippen molar-refractivity contribution in [3.8, 4) is 0 Å². The highest BCUT2D eigenvalue weighted by Gasteiger charge is 2.36. The molecular weight excluding hydrogens is 268 g/mol. The lowest BCUT2D eigenvalue weighted by atomic mass is 10.0. The van der Waals surface area contributed by atoms with E-state index in [1.807, 2.05) is 6.92 Å². The first-order chi connectivity index (χ1) is 9.95. The minimum atomic E-state index is -0.342. The van der Waals surface area contributed by atoms with Gasteiger partial charge in [-0.2, -0.15) is 0 Å². The van der Waals surface area contributed by atoms with Gasteiger partial charge in [0.05, 0.1) is 5.56 Å². The van der Waals surface area contributed by atoms with Crippen LogP contribution in [-0.2, 0) is 4.79 Å². The number of furan rings is 1. The van der Waals surface area contributed by atoms with E-state index in [-0.39, 0.29) is 17.9 Å². The first-order valence-corrected chi connectivity index (χ1v) is 7.58. The second-order valence-electron chi connectivity index (χ2n) is 5.74. The van der Waals surface area contributed by atoms with Crippen molar-refractivity contribution in [2.75, 3.05) is 20.1 Å². The van der Waals surface area contributed by atoms with E-state index in [1.54, 1.807) is 29.8 Å². The van der Waals surface area contributed by atoms with Gasteiger partial charge in [0.1, 0.15) is 17.6 Å². The molecule has 0 radical (unpaired) electrons. The van der Waals surface area contributed by atoms with Crippen LogP contribution in [0.1, 0.15) is 48.1 Å². The zero-order valence-electron chi connectivity index (χ0n) is 13.3. The van der Waals surface area contributed by atoms with E-state index in [1.165, 1.54) is 0 Å². The van der Waals surface area contributed by atoms with Crippen molar-refractivity contribution in [1.29, 1.82) is 0 Å². The summed E-state index contributed by atoms with van der Waals surface area (Å²) in [5, 5.41) is 0. The predicted octanol–water partition coefficient (Wildman–Crippen LogP) is 2.37. The number of hydrogen-bond donors (Lipinski definition) is 0. The van der Waals surface area contributed by atoms with Crippen molar-refractivity contribution in [3.05, 3.63) is 23.2 Å². The molecular formula is C16H24N2O3. The second kappa shape index (κ2) is 6.33. The van der Waals surface area contributed by atoms with Crippen molar-refractivity contribution in [3.63, 3.8) is 0 Å². The number of unbranched alkanes of at least 4 members (excludes halogenated alkanes) is 1. The Hall–Kier alpha value is -1.78. The number of carbonyl (C=O) groups excluding carboxylic acids is 2. The molecule has 0 saturated carbocycles. The van der Waals surface area contributed by atoms with Crippen LogP contribution in [0.2, 0.25) is 0 Å². The average molecular weight is 292 g/mol. The first kappa shape index (κ1) is 15.6. The minimum Gasteiger partial charge on any atom is -0.466 e. The van der Waals surface area contributed by atoms with Crippen LogP contribution in [0, 0.1) is 13.8 Å². The van der Waals surface area contributed by atoms with Crippen LogP contribution >= 0.6 is 0 Å². The maximum atomic E-state index is 12.8. The highest BCUT2D eigenvalue weighted by atomic mass is 16.3. The SMILES string of the molecule is CCCC[C@H]1C(=O)N(C)CCN1C(=O)c1cc(C)oc1C. The Kier molecular flexibility index (Phi) is 4.70. The van der Waals surface area contributed by atoms with Crippen LogP contribution in [0.25, 0.3) is 0 Å². The topological polar surface area (TPSA) is 53.8 Å². The summed E-state index contributed by atoms with van der Waals surface area (Å²) in [7, 11) is 1.80. The number of hydrogen-bond acceptors (Lipinski definition) is 3. The number of rotatable bonds is 4. The van der Waals surface area contributed by atoms with E-state index in [0.717, 1.165) is 25.0 Å². The third kappa shape index (κ3) is 3.12. The second-order valence-corrected chi connectivity index (χ2v) is 5.74.